The van der Waals surface area contributed by atoms with E-state index in [9.17, 15) is 8.78 Å². The van der Waals surface area contributed by atoms with E-state index in [4.69, 9.17) is 4.74 Å². The lowest BCUT2D eigenvalue weighted by Gasteiger charge is -2.21. The minimum absolute atomic E-state index is 0.0884. The summed E-state index contributed by atoms with van der Waals surface area (Å²) >= 11 is 0. The molecule has 0 radical (unpaired) electrons. The molecular formula is C16H18F2O. The molecule has 1 fully saturated rings. The van der Waals surface area contributed by atoms with Crippen LogP contribution in [0.2, 0.25) is 0 Å². The molecule has 1 aliphatic carbocycles. The summed E-state index contributed by atoms with van der Waals surface area (Å²) < 4.78 is 31.9. The maximum atomic E-state index is 13.7. The second-order valence-electron chi connectivity index (χ2n) is 5.17. The summed E-state index contributed by atoms with van der Waals surface area (Å²) in [5, 5.41) is 0. The summed E-state index contributed by atoms with van der Waals surface area (Å²) in [6.45, 7) is 2.24. The van der Waals surface area contributed by atoms with Gasteiger partial charge in [-0.3, -0.25) is 0 Å². The zero-order valence-corrected chi connectivity index (χ0v) is 11.3. The van der Waals surface area contributed by atoms with Crippen LogP contribution in [0.1, 0.15) is 38.2 Å². The van der Waals surface area contributed by atoms with Gasteiger partial charge in [0, 0.05) is 5.92 Å². The highest BCUT2D eigenvalue weighted by Crippen LogP contribution is 2.28. The van der Waals surface area contributed by atoms with Gasteiger partial charge in [-0.25, -0.2) is 4.39 Å². The summed E-state index contributed by atoms with van der Waals surface area (Å²) in [7, 11) is 1.31. The molecule has 1 saturated carbocycles. The first-order valence-corrected chi connectivity index (χ1v) is 6.65. The van der Waals surface area contributed by atoms with Crippen molar-refractivity contribution < 1.29 is 13.5 Å². The van der Waals surface area contributed by atoms with E-state index >= 15 is 0 Å². The Morgan fingerprint density at radius 3 is 2.42 bits per heavy atom. The van der Waals surface area contributed by atoms with Crippen LogP contribution in [0.4, 0.5) is 8.78 Å². The van der Waals surface area contributed by atoms with Crippen LogP contribution in [0, 0.1) is 35.3 Å². The van der Waals surface area contributed by atoms with E-state index < -0.39 is 11.6 Å². The van der Waals surface area contributed by atoms with Crippen molar-refractivity contribution in [1.82, 2.24) is 0 Å². The third-order valence-corrected chi connectivity index (χ3v) is 3.69. The van der Waals surface area contributed by atoms with Crippen molar-refractivity contribution >= 4 is 0 Å². The first-order chi connectivity index (χ1) is 9.11. The maximum Gasteiger partial charge on any atom is 0.201 e. The van der Waals surface area contributed by atoms with Gasteiger partial charge < -0.3 is 4.74 Å². The SMILES string of the molecule is COc1ccc(C#C[C@H]2CC[C@H](C)CC2)c(F)c1F. The highest BCUT2D eigenvalue weighted by Gasteiger charge is 2.16. The minimum Gasteiger partial charge on any atom is -0.494 e. The smallest absolute Gasteiger partial charge is 0.201 e. The second-order valence-corrected chi connectivity index (χ2v) is 5.17. The molecule has 1 aliphatic rings. The second kappa shape index (κ2) is 6.06. The molecule has 0 heterocycles. The lowest BCUT2D eigenvalue weighted by Crippen LogP contribution is -2.10. The quantitative estimate of drug-likeness (QED) is 0.692. The number of benzene rings is 1. The molecule has 0 N–H and O–H groups in total. The van der Waals surface area contributed by atoms with Gasteiger partial charge in [-0.05, 0) is 43.7 Å². The topological polar surface area (TPSA) is 9.23 Å². The lowest BCUT2D eigenvalue weighted by molar-refractivity contribution is 0.337. The van der Waals surface area contributed by atoms with Crippen LogP contribution in [0.5, 0.6) is 5.75 Å². The van der Waals surface area contributed by atoms with Gasteiger partial charge in [0.05, 0.1) is 12.7 Å². The summed E-state index contributed by atoms with van der Waals surface area (Å²) in [4.78, 5) is 0. The molecule has 102 valence electrons. The molecule has 0 amide bonds. The van der Waals surface area contributed by atoms with Crippen molar-refractivity contribution in [2.45, 2.75) is 32.6 Å². The molecule has 3 heteroatoms. The van der Waals surface area contributed by atoms with Crippen LogP contribution in [0.15, 0.2) is 12.1 Å². The van der Waals surface area contributed by atoms with E-state index in [1.807, 2.05) is 0 Å². The average Bonchev–Trinajstić information content (AvgIpc) is 2.42. The van der Waals surface area contributed by atoms with E-state index in [0.29, 0.717) is 5.92 Å². The fraction of sp³-hybridized carbons (Fsp3) is 0.500. The van der Waals surface area contributed by atoms with Crippen molar-refractivity contribution in [3.8, 4) is 17.6 Å². The van der Waals surface area contributed by atoms with Gasteiger partial charge in [-0.15, -0.1) is 0 Å². The van der Waals surface area contributed by atoms with E-state index in [0.717, 1.165) is 18.8 Å². The van der Waals surface area contributed by atoms with Gasteiger partial charge in [-0.1, -0.05) is 18.8 Å². The molecule has 1 aromatic rings. The molecule has 0 aromatic heterocycles. The number of ether oxygens (including phenoxy) is 1. The zero-order valence-electron chi connectivity index (χ0n) is 11.3. The average molecular weight is 264 g/mol. The van der Waals surface area contributed by atoms with Crippen LogP contribution in [0.25, 0.3) is 0 Å². The van der Waals surface area contributed by atoms with Crippen LogP contribution >= 0.6 is 0 Å². The molecule has 0 spiro atoms. The molecule has 0 atom stereocenters. The fourth-order valence-electron chi connectivity index (χ4n) is 2.37. The third kappa shape index (κ3) is 3.26. The Kier molecular flexibility index (Phi) is 4.42. The molecule has 0 aliphatic heterocycles. The van der Waals surface area contributed by atoms with Crippen molar-refractivity contribution in [3.63, 3.8) is 0 Å². The number of rotatable bonds is 1. The summed E-state index contributed by atoms with van der Waals surface area (Å²) in [6, 6.07) is 2.88. The normalized spacial score (nSPS) is 22.5. The maximum absolute atomic E-state index is 13.7. The molecule has 0 saturated heterocycles. The van der Waals surface area contributed by atoms with Crippen molar-refractivity contribution in [1.29, 1.82) is 0 Å². The Morgan fingerprint density at radius 1 is 1.11 bits per heavy atom. The highest BCUT2D eigenvalue weighted by molar-refractivity contribution is 5.41. The zero-order chi connectivity index (χ0) is 13.8. The monoisotopic (exact) mass is 264 g/mol. The predicted octanol–water partition coefficient (Wildman–Crippen LogP) is 4.15. The Hall–Kier alpha value is -1.56. The summed E-state index contributed by atoms with van der Waals surface area (Å²) in [6.07, 6.45) is 4.43. The number of halogens is 2. The third-order valence-electron chi connectivity index (χ3n) is 3.69. The van der Waals surface area contributed by atoms with E-state index in [2.05, 4.69) is 18.8 Å². The van der Waals surface area contributed by atoms with E-state index in [-0.39, 0.29) is 11.3 Å². The van der Waals surface area contributed by atoms with Gasteiger partial charge in [0.25, 0.3) is 0 Å². The van der Waals surface area contributed by atoms with Gasteiger partial charge >= 0.3 is 0 Å². The van der Waals surface area contributed by atoms with Crippen molar-refractivity contribution in [3.05, 3.63) is 29.3 Å². The predicted molar refractivity (Wildman–Crippen MR) is 70.9 cm³/mol. The Bertz CT molecular complexity index is 505. The van der Waals surface area contributed by atoms with Gasteiger partial charge in [-0.2, -0.15) is 4.39 Å². The molecule has 0 bridgehead atoms. The summed E-state index contributed by atoms with van der Waals surface area (Å²) in [5.41, 5.74) is 0.108. The number of methoxy groups -OCH3 is 1. The number of hydrogen-bond acceptors (Lipinski definition) is 1. The Balaban J connectivity index is 2.14. The Labute approximate surface area is 113 Å². The molecular weight excluding hydrogens is 246 g/mol. The van der Waals surface area contributed by atoms with Crippen molar-refractivity contribution in [2.75, 3.05) is 7.11 Å². The molecule has 19 heavy (non-hydrogen) atoms. The lowest BCUT2D eigenvalue weighted by atomic mass is 9.83. The molecule has 2 rings (SSSR count). The molecule has 0 unspecified atom stereocenters. The summed E-state index contributed by atoms with van der Waals surface area (Å²) in [5.74, 6) is 4.92. The van der Waals surface area contributed by atoms with Gasteiger partial charge in [0.2, 0.25) is 5.82 Å². The molecule has 1 nitrogen and oxygen atoms in total. The van der Waals surface area contributed by atoms with Gasteiger partial charge in [0.15, 0.2) is 11.6 Å². The van der Waals surface area contributed by atoms with Gasteiger partial charge in [0.1, 0.15) is 0 Å². The first kappa shape index (κ1) is 13.9. The van der Waals surface area contributed by atoms with Crippen molar-refractivity contribution in [2.24, 2.45) is 11.8 Å². The number of hydrogen-bond donors (Lipinski definition) is 0. The fourth-order valence-corrected chi connectivity index (χ4v) is 2.37. The van der Waals surface area contributed by atoms with Crippen LogP contribution in [-0.2, 0) is 0 Å². The minimum atomic E-state index is -0.966. The standard InChI is InChI=1S/C16H18F2O/c1-11-3-5-12(6-4-11)7-8-13-9-10-14(19-2)16(18)15(13)17/h9-12H,3-6H2,1-2H3/t11-,12-. The van der Waals surface area contributed by atoms with Crippen LogP contribution in [-0.4, -0.2) is 7.11 Å². The Morgan fingerprint density at radius 2 is 1.79 bits per heavy atom. The van der Waals surface area contributed by atoms with E-state index in [1.165, 1.54) is 32.1 Å². The first-order valence-electron chi connectivity index (χ1n) is 6.65. The largest absolute Gasteiger partial charge is 0.494 e. The van der Waals surface area contributed by atoms with Crippen LogP contribution in [0.3, 0.4) is 0 Å². The highest BCUT2D eigenvalue weighted by atomic mass is 19.2. The van der Waals surface area contributed by atoms with E-state index in [1.54, 1.807) is 0 Å². The van der Waals surface area contributed by atoms with Crippen LogP contribution < -0.4 is 4.74 Å². The molecule has 1 aromatic carbocycles.